The van der Waals surface area contributed by atoms with Gasteiger partial charge in [0.15, 0.2) is 5.65 Å². The highest BCUT2D eigenvalue weighted by Gasteiger charge is 2.24. The van der Waals surface area contributed by atoms with Gasteiger partial charge >= 0.3 is 0 Å². The number of imidazole rings is 1. The van der Waals surface area contributed by atoms with Gasteiger partial charge in [-0.3, -0.25) is 4.79 Å². The highest BCUT2D eigenvalue weighted by Crippen LogP contribution is 2.24. The number of nitrogens with zero attached hydrogens (tertiary/aromatic N) is 6. The van der Waals surface area contributed by atoms with E-state index in [0.29, 0.717) is 17.9 Å². The molecule has 3 aromatic rings. The molecule has 0 radical (unpaired) electrons. The van der Waals surface area contributed by atoms with Gasteiger partial charge in [0.1, 0.15) is 17.8 Å². The van der Waals surface area contributed by atoms with E-state index in [9.17, 15) is 4.79 Å². The minimum atomic E-state index is -0.137. The van der Waals surface area contributed by atoms with Gasteiger partial charge in [0.25, 0.3) is 5.91 Å². The molecule has 4 heterocycles. The number of fused-ring (bicyclic) bond motifs is 1. The smallest absolute Gasteiger partial charge is 0.271 e. The summed E-state index contributed by atoms with van der Waals surface area (Å²) >= 11 is 0. The van der Waals surface area contributed by atoms with Crippen LogP contribution in [-0.4, -0.2) is 49.5 Å². The van der Waals surface area contributed by atoms with Gasteiger partial charge in [-0.25, -0.2) is 19.9 Å². The first-order chi connectivity index (χ1) is 12.2. The Morgan fingerprint density at radius 1 is 1.28 bits per heavy atom. The van der Waals surface area contributed by atoms with E-state index in [1.165, 1.54) is 0 Å². The van der Waals surface area contributed by atoms with E-state index in [-0.39, 0.29) is 11.9 Å². The Kier molecular flexibility index (Phi) is 4.01. The third-order valence-electron chi connectivity index (χ3n) is 4.38. The van der Waals surface area contributed by atoms with Crippen molar-refractivity contribution in [3.63, 3.8) is 0 Å². The zero-order chi connectivity index (χ0) is 17.2. The maximum absolute atomic E-state index is 12.3. The van der Waals surface area contributed by atoms with Gasteiger partial charge in [0.05, 0.1) is 11.7 Å². The molecular formula is C17H19N7O. The van der Waals surface area contributed by atoms with E-state index in [4.69, 9.17) is 0 Å². The third kappa shape index (κ3) is 3.15. The molecule has 0 aliphatic carbocycles. The minimum absolute atomic E-state index is 0.0601. The Morgan fingerprint density at radius 3 is 3.04 bits per heavy atom. The van der Waals surface area contributed by atoms with Crippen LogP contribution in [0, 0.1) is 0 Å². The largest absolute Gasteiger partial charge is 0.354 e. The number of carbonyl (C=O) groups excluding carboxylic acids is 1. The van der Waals surface area contributed by atoms with Crippen LogP contribution in [0.5, 0.6) is 0 Å². The zero-order valence-corrected chi connectivity index (χ0v) is 14.0. The van der Waals surface area contributed by atoms with Crippen LogP contribution >= 0.6 is 0 Å². The number of pyridine rings is 1. The highest BCUT2D eigenvalue weighted by atomic mass is 16.2. The van der Waals surface area contributed by atoms with Crippen molar-refractivity contribution in [2.75, 3.05) is 18.0 Å². The second kappa shape index (κ2) is 6.46. The molecule has 1 saturated heterocycles. The first-order valence-electron chi connectivity index (χ1n) is 8.30. The number of aryl methyl sites for hydroxylation is 1. The predicted molar refractivity (Wildman–Crippen MR) is 93.2 cm³/mol. The van der Waals surface area contributed by atoms with Crippen LogP contribution < -0.4 is 10.2 Å². The minimum Gasteiger partial charge on any atom is -0.354 e. The monoisotopic (exact) mass is 337 g/mol. The van der Waals surface area contributed by atoms with E-state index < -0.39 is 0 Å². The maximum Gasteiger partial charge on any atom is 0.271 e. The van der Waals surface area contributed by atoms with Crippen LogP contribution in [0.3, 0.4) is 0 Å². The Labute approximate surface area is 144 Å². The average molecular weight is 337 g/mol. The lowest BCUT2D eigenvalue weighted by Crippen LogP contribution is -2.48. The molecule has 0 aromatic carbocycles. The summed E-state index contributed by atoms with van der Waals surface area (Å²) in [6, 6.07) is 3.93. The summed E-state index contributed by atoms with van der Waals surface area (Å²) < 4.78 is 1.77. The fourth-order valence-electron chi connectivity index (χ4n) is 3.21. The van der Waals surface area contributed by atoms with E-state index in [2.05, 4.69) is 30.2 Å². The van der Waals surface area contributed by atoms with Crippen LogP contribution in [0.4, 0.5) is 5.82 Å². The van der Waals surface area contributed by atoms with Gasteiger partial charge in [-0.2, -0.15) is 0 Å². The Morgan fingerprint density at radius 2 is 2.20 bits per heavy atom. The van der Waals surface area contributed by atoms with E-state index in [1.807, 2.05) is 19.2 Å². The Balaban J connectivity index is 1.52. The van der Waals surface area contributed by atoms with Crippen LogP contribution in [0.15, 0.2) is 37.2 Å². The molecule has 1 atom stereocenters. The predicted octanol–water partition coefficient (Wildman–Crippen LogP) is 1.16. The van der Waals surface area contributed by atoms with Crippen molar-refractivity contribution in [3.05, 3.63) is 42.9 Å². The fourth-order valence-corrected chi connectivity index (χ4v) is 3.21. The molecule has 1 fully saturated rings. The third-order valence-corrected chi connectivity index (χ3v) is 4.38. The lowest BCUT2D eigenvalue weighted by molar-refractivity contribution is 0.0928. The molecule has 8 nitrogen and oxygen atoms in total. The standard InChI is InChI=1S/C17H19N7O/c1-23-9-14(21-11-23)17(25)22-12-4-3-7-24(8-12)16-13-5-2-6-18-15(13)19-10-20-16/h2,5-6,9-12H,3-4,7-8H2,1H3,(H,22,25). The molecule has 4 rings (SSSR count). The second-order valence-corrected chi connectivity index (χ2v) is 6.25. The van der Waals surface area contributed by atoms with Crippen molar-refractivity contribution in [2.24, 2.45) is 7.05 Å². The van der Waals surface area contributed by atoms with Gasteiger partial charge in [-0.15, -0.1) is 0 Å². The summed E-state index contributed by atoms with van der Waals surface area (Å²) in [5.41, 5.74) is 1.13. The first kappa shape index (κ1) is 15.5. The summed E-state index contributed by atoms with van der Waals surface area (Å²) in [6.45, 7) is 1.61. The van der Waals surface area contributed by atoms with Crippen molar-refractivity contribution < 1.29 is 4.79 Å². The van der Waals surface area contributed by atoms with Crippen molar-refractivity contribution in [2.45, 2.75) is 18.9 Å². The van der Waals surface area contributed by atoms with Gasteiger partial charge < -0.3 is 14.8 Å². The lowest BCUT2D eigenvalue weighted by Gasteiger charge is -2.34. The quantitative estimate of drug-likeness (QED) is 0.771. The Hall–Kier alpha value is -3.03. The van der Waals surface area contributed by atoms with Crippen molar-refractivity contribution >= 4 is 22.8 Å². The molecule has 8 heteroatoms. The highest BCUT2D eigenvalue weighted by molar-refractivity contribution is 5.92. The molecule has 1 N–H and O–H groups in total. The van der Waals surface area contributed by atoms with E-state index in [1.54, 1.807) is 29.6 Å². The molecule has 1 amide bonds. The van der Waals surface area contributed by atoms with E-state index >= 15 is 0 Å². The van der Waals surface area contributed by atoms with Gasteiger partial charge in [-0.05, 0) is 25.0 Å². The van der Waals surface area contributed by atoms with Crippen LogP contribution in [0.25, 0.3) is 11.0 Å². The fraction of sp³-hybridized carbons (Fsp3) is 0.353. The van der Waals surface area contributed by atoms with Crippen LogP contribution in [-0.2, 0) is 7.05 Å². The number of aromatic nitrogens is 5. The molecule has 0 bridgehead atoms. The topological polar surface area (TPSA) is 88.8 Å². The summed E-state index contributed by atoms with van der Waals surface area (Å²) in [5.74, 6) is 0.733. The average Bonchev–Trinajstić information content (AvgIpc) is 3.08. The molecule has 25 heavy (non-hydrogen) atoms. The van der Waals surface area contributed by atoms with Crippen molar-refractivity contribution in [1.29, 1.82) is 0 Å². The van der Waals surface area contributed by atoms with Gasteiger partial charge in [0.2, 0.25) is 0 Å². The summed E-state index contributed by atoms with van der Waals surface area (Å²) in [6.07, 6.45) is 8.54. The molecule has 1 unspecified atom stereocenters. The zero-order valence-electron chi connectivity index (χ0n) is 14.0. The molecule has 1 aliphatic rings. The number of rotatable bonds is 3. The molecule has 3 aromatic heterocycles. The summed E-state index contributed by atoms with van der Waals surface area (Å²) in [5, 5.41) is 4.01. The molecule has 1 aliphatic heterocycles. The first-order valence-corrected chi connectivity index (χ1v) is 8.30. The van der Waals surface area contributed by atoms with Crippen LogP contribution in [0.1, 0.15) is 23.3 Å². The maximum atomic E-state index is 12.3. The van der Waals surface area contributed by atoms with Crippen molar-refractivity contribution in [3.8, 4) is 0 Å². The number of hydrogen-bond donors (Lipinski definition) is 1. The molecular weight excluding hydrogens is 318 g/mol. The molecule has 0 saturated carbocycles. The SMILES string of the molecule is Cn1cnc(C(=O)NC2CCCN(c3ncnc4ncccc34)C2)c1. The molecule has 128 valence electrons. The number of anilines is 1. The van der Waals surface area contributed by atoms with Gasteiger partial charge in [0, 0.05) is 38.6 Å². The number of piperidine rings is 1. The summed E-state index contributed by atoms with van der Waals surface area (Å²) in [7, 11) is 1.85. The number of nitrogens with one attached hydrogen (secondary N) is 1. The normalized spacial score (nSPS) is 17.6. The number of hydrogen-bond acceptors (Lipinski definition) is 6. The summed E-state index contributed by atoms with van der Waals surface area (Å²) in [4.78, 5) is 31.6. The van der Waals surface area contributed by atoms with Crippen LogP contribution in [0.2, 0.25) is 0 Å². The lowest BCUT2D eigenvalue weighted by atomic mass is 10.1. The molecule has 0 spiro atoms. The van der Waals surface area contributed by atoms with Crippen molar-refractivity contribution in [1.82, 2.24) is 29.8 Å². The second-order valence-electron chi connectivity index (χ2n) is 6.25. The van der Waals surface area contributed by atoms with E-state index in [0.717, 1.165) is 30.6 Å². The van der Waals surface area contributed by atoms with Gasteiger partial charge in [-0.1, -0.05) is 0 Å². The number of amides is 1. The Bertz CT molecular complexity index is 901. The number of carbonyl (C=O) groups is 1.